The van der Waals surface area contributed by atoms with Crippen molar-refractivity contribution in [1.82, 2.24) is 15.5 Å². The van der Waals surface area contributed by atoms with Gasteiger partial charge in [0.05, 0.1) is 0 Å². The second-order valence-corrected chi connectivity index (χ2v) is 4.90. The molecule has 6 heteroatoms. The molecular weight excluding hydrogens is 224 g/mol. The molecule has 2 rings (SSSR count). The van der Waals surface area contributed by atoms with Gasteiger partial charge in [-0.2, -0.15) is 0 Å². The molecule has 1 aromatic heterocycles. The van der Waals surface area contributed by atoms with E-state index in [9.17, 15) is 4.79 Å². The smallest absolute Gasteiger partial charge is 0.282 e. The lowest BCUT2D eigenvalue weighted by atomic mass is 10.3. The quantitative estimate of drug-likeness (QED) is 0.818. The second-order valence-electron chi connectivity index (χ2n) is 3.93. The first-order chi connectivity index (χ1) is 7.74. The predicted octanol–water partition coefficient (Wildman–Crippen LogP) is 1.50. The summed E-state index contributed by atoms with van der Waals surface area (Å²) in [4.78, 5) is 11.7. The van der Waals surface area contributed by atoms with Gasteiger partial charge in [0.1, 0.15) is 0 Å². The van der Waals surface area contributed by atoms with Gasteiger partial charge in [0, 0.05) is 12.6 Å². The van der Waals surface area contributed by atoms with Crippen LogP contribution in [-0.4, -0.2) is 28.7 Å². The maximum absolute atomic E-state index is 11.7. The van der Waals surface area contributed by atoms with Crippen molar-refractivity contribution in [3.05, 3.63) is 5.01 Å². The topological polar surface area (TPSA) is 66.9 Å². The van der Waals surface area contributed by atoms with E-state index in [1.807, 2.05) is 6.92 Å². The fourth-order valence-corrected chi connectivity index (χ4v) is 2.36. The Morgan fingerprint density at radius 3 is 2.94 bits per heavy atom. The summed E-state index contributed by atoms with van der Waals surface area (Å²) in [6, 6.07) is 0.351. The summed E-state index contributed by atoms with van der Waals surface area (Å²) in [5.74, 6) is 0.563. The average molecular weight is 240 g/mol. The molecule has 0 bridgehead atoms. The van der Waals surface area contributed by atoms with Crippen molar-refractivity contribution in [3.8, 4) is 0 Å². The number of carbonyl (C=O) groups is 1. The maximum Gasteiger partial charge on any atom is 0.282 e. The molecule has 88 valence electrons. The van der Waals surface area contributed by atoms with Crippen molar-refractivity contribution in [3.63, 3.8) is 0 Å². The molecule has 1 aliphatic carbocycles. The molecule has 1 aliphatic rings. The van der Waals surface area contributed by atoms with Crippen LogP contribution in [-0.2, 0) is 0 Å². The van der Waals surface area contributed by atoms with Crippen LogP contribution >= 0.6 is 11.3 Å². The monoisotopic (exact) mass is 240 g/mol. The molecule has 16 heavy (non-hydrogen) atoms. The standard InChI is InChI=1S/C10H16N4OS/c1-3-6-5-7(6)12-8(15)9-13-14-10(16-9)11-4-2/h6-7H,3-5H2,1-2H3,(H,11,14)(H,12,15). The normalized spacial score (nSPS) is 22.9. The fraction of sp³-hybridized carbons (Fsp3) is 0.700. The van der Waals surface area contributed by atoms with Crippen LogP contribution in [0.15, 0.2) is 0 Å². The van der Waals surface area contributed by atoms with Crippen LogP contribution in [0.1, 0.15) is 36.5 Å². The molecule has 0 aliphatic heterocycles. The van der Waals surface area contributed by atoms with Gasteiger partial charge >= 0.3 is 0 Å². The summed E-state index contributed by atoms with van der Waals surface area (Å²) >= 11 is 1.30. The lowest BCUT2D eigenvalue weighted by Crippen LogP contribution is -2.26. The number of amides is 1. The van der Waals surface area contributed by atoms with Gasteiger partial charge in [0.25, 0.3) is 5.91 Å². The van der Waals surface area contributed by atoms with Gasteiger partial charge in [0.2, 0.25) is 10.1 Å². The van der Waals surface area contributed by atoms with Crippen molar-refractivity contribution >= 4 is 22.4 Å². The number of nitrogens with one attached hydrogen (secondary N) is 2. The first-order valence-electron chi connectivity index (χ1n) is 5.62. The van der Waals surface area contributed by atoms with Crippen molar-refractivity contribution < 1.29 is 4.79 Å². The molecule has 0 saturated heterocycles. The van der Waals surface area contributed by atoms with E-state index >= 15 is 0 Å². The Morgan fingerprint density at radius 1 is 1.50 bits per heavy atom. The fourth-order valence-electron chi connectivity index (χ4n) is 1.64. The van der Waals surface area contributed by atoms with Crippen LogP contribution in [0, 0.1) is 5.92 Å². The minimum Gasteiger partial charge on any atom is -0.360 e. The third kappa shape index (κ3) is 2.49. The zero-order valence-electron chi connectivity index (χ0n) is 9.49. The number of aromatic nitrogens is 2. The Bertz CT molecular complexity index is 379. The summed E-state index contributed by atoms with van der Waals surface area (Å²) in [5, 5.41) is 14.9. The van der Waals surface area contributed by atoms with E-state index < -0.39 is 0 Å². The molecule has 2 unspecified atom stereocenters. The zero-order chi connectivity index (χ0) is 11.5. The van der Waals surface area contributed by atoms with Crippen LogP contribution in [0.2, 0.25) is 0 Å². The number of anilines is 1. The summed E-state index contributed by atoms with van der Waals surface area (Å²) < 4.78 is 0. The van der Waals surface area contributed by atoms with Crippen LogP contribution in [0.25, 0.3) is 0 Å². The highest BCUT2D eigenvalue weighted by molar-refractivity contribution is 7.17. The molecule has 1 fully saturated rings. The molecule has 1 saturated carbocycles. The predicted molar refractivity (Wildman–Crippen MR) is 63.7 cm³/mol. The Kier molecular flexibility index (Phi) is 3.38. The Morgan fingerprint density at radius 2 is 2.31 bits per heavy atom. The van der Waals surface area contributed by atoms with Gasteiger partial charge in [-0.25, -0.2) is 0 Å². The van der Waals surface area contributed by atoms with E-state index in [1.54, 1.807) is 0 Å². The van der Waals surface area contributed by atoms with Crippen molar-refractivity contribution in [2.75, 3.05) is 11.9 Å². The summed E-state index contributed by atoms with van der Waals surface area (Å²) in [6.45, 7) is 4.92. The van der Waals surface area contributed by atoms with Gasteiger partial charge in [-0.15, -0.1) is 10.2 Å². The molecule has 1 heterocycles. The summed E-state index contributed by atoms with van der Waals surface area (Å²) in [5.41, 5.74) is 0. The lowest BCUT2D eigenvalue weighted by Gasteiger charge is -1.99. The van der Waals surface area contributed by atoms with Gasteiger partial charge in [0.15, 0.2) is 0 Å². The van der Waals surface area contributed by atoms with E-state index in [1.165, 1.54) is 11.3 Å². The average Bonchev–Trinajstić information content (AvgIpc) is 2.85. The lowest BCUT2D eigenvalue weighted by molar-refractivity contribution is 0.0948. The van der Waals surface area contributed by atoms with Crippen LogP contribution < -0.4 is 10.6 Å². The van der Waals surface area contributed by atoms with Crippen LogP contribution in [0.4, 0.5) is 5.13 Å². The van der Waals surface area contributed by atoms with Crippen LogP contribution in [0.3, 0.4) is 0 Å². The van der Waals surface area contributed by atoms with Gasteiger partial charge in [-0.3, -0.25) is 4.79 Å². The number of nitrogens with zero attached hydrogens (tertiary/aromatic N) is 2. The van der Waals surface area contributed by atoms with Crippen molar-refractivity contribution in [2.24, 2.45) is 5.92 Å². The SMILES string of the molecule is CCNc1nnc(C(=O)NC2CC2CC)s1. The van der Waals surface area contributed by atoms with E-state index in [-0.39, 0.29) is 5.91 Å². The Hall–Kier alpha value is -1.17. The van der Waals surface area contributed by atoms with Crippen molar-refractivity contribution in [2.45, 2.75) is 32.7 Å². The summed E-state index contributed by atoms with van der Waals surface area (Å²) in [7, 11) is 0. The third-order valence-corrected chi connectivity index (χ3v) is 3.59. The molecule has 0 aromatic carbocycles. The van der Waals surface area contributed by atoms with E-state index in [0.717, 1.165) is 19.4 Å². The highest BCUT2D eigenvalue weighted by atomic mass is 32.1. The minimum absolute atomic E-state index is 0.0948. The van der Waals surface area contributed by atoms with Gasteiger partial charge < -0.3 is 10.6 Å². The van der Waals surface area contributed by atoms with E-state index in [4.69, 9.17) is 0 Å². The first-order valence-corrected chi connectivity index (χ1v) is 6.44. The molecule has 2 N–H and O–H groups in total. The maximum atomic E-state index is 11.7. The first kappa shape index (κ1) is 11.3. The number of carbonyl (C=O) groups excluding carboxylic acids is 1. The molecule has 1 aromatic rings. The van der Waals surface area contributed by atoms with Gasteiger partial charge in [-0.1, -0.05) is 24.7 Å². The summed E-state index contributed by atoms with van der Waals surface area (Å²) in [6.07, 6.45) is 2.23. The molecule has 1 amide bonds. The number of hydrogen-bond acceptors (Lipinski definition) is 5. The highest BCUT2D eigenvalue weighted by Crippen LogP contribution is 2.33. The highest BCUT2D eigenvalue weighted by Gasteiger charge is 2.37. The second kappa shape index (κ2) is 4.78. The molecule has 0 spiro atoms. The van der Waals surface area contributed by atoms with E-state index in [0.29, 0.717) is 22.1 Å². The molecule has 2 atom stereocenters. The number of hydrogen-bond donors (Lipinski definition) is 2. The van der Waals surface area contributed by atoms with Crippen molar-refractivity contribution in [1.29, 1.82) is 0 Å². The molecular formula is C10H16N4OS. The molecule has 0 radical (unpaired) electrons. The molecule has 5 nitrogen and oxygen atoms in total. The zero-order valence-corrected chi connectivity index (χ0v) is 10.3. The van der Waals surface area contributed by atoms with E-state index in [2.05, 4.69) is 27.8 Å². The van der Waals surface area contributed by atoms with Crippen LogP contribution in [0.5, 0.6) is 0 Å². The Labute approximate surface area is 98.7 Å². The largest absolute Gasteiger partial charge is 0.360 e. The minimum atomic E-state index is -0.0948. The van der Waals surface area contributed by atoms with Gasteiger partial charge in [-0.05, 0) is 19.3 Å². The third-order valence-electron chi connectivity index (χ3n) is 2.71. The Balaban J connectivity index is 1.88. The number of rotatable bonds is 5.